The average Bonchev–Trinajstić information content (AvgIpc) is 2.68. The number of nitrogens with one attached hydrogen (secondary N) is 1. The summed E-state index contributed by atoms with van der Waals surface area (Å²) >= 11 is 0. The maximum Gasteiger partial charge on any atom is 0.0223 e. The molecule has 0 bridgehead atoms. The first kappa shape index (κ1) is 14.3. The molecule has 1 N–H and O–H groups in total. The highest BCUT2D eigenvalue weighted by atomic mass is 15.3. The van der Waals surface area contributed by atoms with Crippen LogP contribution in [0.4, 0.5) is 0 Å². The minimum atomic E-state index is 0.685. The Balaban J connectivity index is 1.66. The molecule has 3 nitrogen and oxygen atoms in total. The van der Waals surface area contributed by atoms with Crippen LogP contribution in [0.2, 0.25) is 0 Å². The summed E-state index contributed by atoms with van der Waals surface area (Å²) in [5.74, 6) is 0. The molecule has 0 spiro atoms. The predicted octanol–water partition coefficient (Wildman–Crippen LogP) is 1.93. The second kappa shape index (κ2) is 7.46. The van der Waals surface area contributed by atoms with Gasteiger partial charge in [-0.15, -0.1) is 0 Å². The molecule has 0 aromatic rings. The fourth-order valence-electron chi connectivity index (χ4n) is 3.49. The topological polar surface area (TPSA) is 18.5 Å². The lowest BCUT2D eigenvalue weighted by atomic mass is 10.2. The molecular formula is C15H31N3. The number of hydrogen-bond donors (Lipinski definition) is 1. The van der Waals surface area contributed by atoms with Crippen molar-refractivity contribution in [3.63, 3.8) is 0 Å². The van der Waals surface area contributed by atoms with Gasteiger partial charge in [0.05, 0.1) is 0 Å². The molecule has 0 aliphatic carbocycles. The van der Waals surface area contributed by atoms with E-state index in [1.54, 1.807) is 0 Å². The standard InChI is InChI=1S/C15H31N3/c1-3-6-14(2)16-8-12-17-9-5-11-18-10-4-7-15(18)13-17/h14-16H,3-13H2,1-2H3. The van der Waals surface area contributed by atoms with Crippen molar-refractivity contribution in [2.45, 2.75) is 58.0 Å². The van der Waals surface area contributed by atoms with Gasteiger partial charge in [-0.1, -0.05) is 13.3 Å². The average molecular weight is 253 g/mol. The second-order valence-corrected chi connectivity index (χ2v) is 6.13. The first-order chi connectivity index (χ1) is 8.79. The predicted molar refractivity (Wildman–Crippen MR) is 78.0 cm³/mol. The summed E-state index contributed by atoms with van der Waals surface area (Å²) in [5, 5.41) is 3.66. The highest BCUT2D eigenvalue weighted by molar-refractivity contribution is 4.85. The van der Waals surface area contributed by atoms with Gasteiger partial charge in [-0.2, -0.15) is 0 Å². The number of hydrogen-bond acceptors (Lipinski definition) is 3. The van der Waals surface area contributed by atoms with Crippen molar-refractivity contribution in [1.29, 1.82) is 0 Å². The normalized spacial score (nSPS) is 28.0. The third-order valence-electron chi connectivity index (χ3n) is 4.53. The summed E-state index contributed by atoms with van der Waals surface area (Å²) < 4.78 is 0. The van der Waals surface area contributed by atoms with Gasteiger partial charge in [0.25, 0.3) is 0 Å². The van der Waals surface area contributed by atoms with Crippen molar-refractivity contribution in [2.24, 2.45) is 0 Å². The third kappa shape index (κ3) is 4.22. The van der Waals surface area contributed by atoms with E-state index in [4.69, 9.17) is 0 Å². The van der Waals surface area contributed by atoms with Crippen molar-refractivity contribution in [3.8, 4) is 0 Å². The number of rotatable bonds is 6. The molecule has 18 heavy (non-hydrogen) atoms. The molecule has 2 aliphatic heterocycles. The third-order valence-corrected chi connectivity index (χ3v) is 4.53. The Bertz CT molecular complexity index is 232. The molecule has 0 aromatic carbocycles. The Morgan fingerprint density at radius 3 is 2.89 bits per heavy atom. The first-order valence-corrected chi connectivity index (χ1v) is 7.99. The van der Waals surface area contributed by atoms with E-state index in [1.165, 1.54) is 64.8 Å². The summed E-state index contributed by atoms with van der Waals surface area (Å²) in [6.45, 7) is 12.3. The van der Waals surface area contributed by atoms with Gasteiger partial charge in [0, 0.05) is 31.7 Å². The summed E-state index contributed by atoms with van der Waals surface area (Å²) in [4.78, 5) is 5.40. The van der Waals surface area contributed by atoms with E-state index >= 15 is 0 Å². The Kier molecular flexibility index (Phi) is 5.93. The number of fused-ring (bicyclic) bond motifs is 1. The van der Waals surface area contributed by atoms with E-state index in [2.05, 4.69) is 29.0 Å². The van der Waals surface area contributed by atoms with Gasteiger partial charge in [-0.3, -0.25) is 4.90 Å². The lowest BCUT2D eigenvalue weighted by Crippen LogP contribution is -2.40. The molecule has 2 heterocycles. The van der Waals surface area contributed by atoms with Gasteiger partial charge in [0.15, 0.2) is 0 Å². The molecular weight excluding hydrogens is 222 g/mol. The van der Waals surface area contributed by atoms with Gasteiger partial charge in [-0.25, -0.2) is 0 Å². The van der Waals surface area contributed by atoms with Crippen molar-refractivity contribution >= 4 is 0 Å². The minimum absolute atomic E-state index is 0.685. The molecule has 2 saturated heterocycles. The summed E-state index contributed by atoms with van der Waals surface area (Å²) in [5.41, 5.74) is 0. The zero-order chi connectivity index (χ0) is 12.8. The van der Waals surface area contributed by atoms with E-state index in [1.807, 2.05) is 0 Å². The SMILES string of the molecule is CCCC(C)NCCN1CCCN2CCCC2C1. The highest BCUT2D eigenvalue weighted by Crippen LogP contribution is 2.20. The van der Waals surface area contributed by atoms with Crippen molar-refractivity contribution < 1.29 is 0 Å². The molecule has 0 radical (unpaired) electrons. The first-order valence-electron chi connectivity index (χ1n) is 7.99. The Morgan fingerprint density at radius 2 is 2.06 bits per heavy atom. The minimum Gasteiger partial charge on any atom is -0.313 e. The van der Waals surface area contributed by atoms with Gasteiger partial charge < -0.3 is 10.2 Å². The fourth-order valence-corrected chi connectivity index (χ4v) is 3.49. The Morgan fingerprint density at radius 1 is 1.22 bits per heavy atom. The van der Waals surface area contributed by atoms with Crippen LogP contribution in [-0.2, 0) is 0 Å². The molecule has 2 unspecified atom stereocenters. The van der Waals surface area contributed by atoms with E-state index in [0.29, 0.717) is 6.04 Å². The van der Waals surface area contributed by atoms with E-state index < -0.39 is 0 Å². The summed E-state index contributed by atoms with van der Waals surface area (Å²) in [7, 11) is 0. The van der Waals surface area contributed by atoms with Crippen LogP contribution in [0.1, 0.15) is 46.0 Å². The molecule has 2 fully saturated rings. The van der Waals surface area contributed by atoms with Crippen LogP contribution in [-0.4, -0.2) is 61.2 Å². The lowest BCUT2D eigenvalue weighted by molar-refractivity contribution is 0.219. The van der Waals surface area contributed by atoms with Crippen LogP contribution in [0.3, 0.4) is 0 Å². The molecule has 0 amide bonds. The van der Waals surface area contributed by atoms with E-state index in [9.17, 15) is 0 Å². The lowest BCUT2D eigenvalue weighted by Gasteiger charge is -2.26. The van der Waals surface area contributed by atoms with Crippen LogP contribution in [0.15, 0.2) is 0 Å². The molecule has 2 aliphatic rings. The van der Waals surface area contributed by atoms with Crippen LogP contribution in [0.25, 0.3) is 0 Å². The highest BCUT2D eigenvalue weighted by Gasteiger charge is 2.28. The molecule has 3 heteroatoms. The van der Waals surface area contributed by atoms with Gasteiger partial charge in [0.2, 0.25) is 0 Å². The molecule has 0 aromatic heterocycles. The Labute approximate surface area is 113 Å². The van der Waals surface area contributed by atoms with Crippen LogP contribution in [0.5, 0.6) is 0 Å². The van der Waals surface area contributed by atoms with Crippen molar-refractivity contribution in [1.82, 2.24) is 15.1 Å². The van der Waals surface area contributed by atoms with Crippen LogP contribution in [0, 0.1) is 0 Å². The van der Waals surface area contributed by atoms with Crippen molar-refractivity contribution in [3.05, 3.63) is 0 Å². The van der Waals surface area contributed by atoms with Crippen LogP contribution >= 0.6 is 0 Å². The molecule has 2 rings (SSSR count). The zero-order valence-corrected chi connectivity index (χ0v) is 12.3. The summed E-state index contributed by atoms with van der Waals surface area (Å²) in [6, 6.07) is 1.55. The fraction of sp³-hybridized carbons (Fsp3) is 1.00. The molecule has 0 saturated carbocycles. The van der Waals surface area contributed by atoms with Gasteiger partial charge in [-0.05, 0) is 52.2 Å². The quantitative estimate of drug-likeness (QED) is 0.780. The summed E-state index contributed by atoms with van der Waals surface area (Å²) in [6.07, 6.45) is 6.80. The molecule has 106 valence electrons. The van der Waals surface area contributed by atoms with Gasteiger partial charge >= 0.3 is 0 Å². The maximum atomic E-state index is 3.66. The smallest absolute Gasteiger partial charge is 0.0223 e. The zero-order valence-electron chi connectivity index (χ0n) is 12.3. The monoisotopic (exact) mass is 253 g/mol. The van der Waals surface area contributed by atoms with Crippen LogP contribution < -0.4 is 5.32 Å². The second-order valence-electron chi connectivity index (χ2n) is 6.13. The number of nitrogens with zero attached hydrogens (tertiary/aromatic N) is 2. The maximum absolute atomic E-state index is 3.66. The van der Waals surface area contributed by atoms with Gasteiger partial charge in [0.1, 0.15) is 0 Å². The van der Waals surface area contributed by atoms with E-state index in [0.717, 1.165) is 12.6 Å². The largest absolute Gasteiger partial charge is 0.313 e. The molecule has 2 atom stereocenters. The van der Waals surface area contributed by atoms with Crippen molar-refractivity contribution in [2.75, 3.05) is 39.3 Å². The Hall–Kier alpha value is -0.120. The van der Waals surface area contributed by atoms with E-state index in [-0.39, 0.29) is 0 Å².